The second-order valence-electron chi connectivity index (χ2n) is 3.31. The first-order valence-electron chi connectivity index (χ1n) is 4.43. The van der Waals surface area contributed by atoms with Gasteiger partial charge in [0.15, 0.2) is 0 Å². The van der Waals surface area contributed by atoms with Crippen LogP contribution >= 0.6 is 43.2 Å². The molecule has 1 aliphatic heterocycles. The minimum Gasteiger partial charge on any atom is -0.316 e. The third-order valence-corrected chi connectivity index (χ3v) is 5.78. The maximum atomic E-state index is 3.53. The molecule has 0 spiro atoms. The minimum atomic E-state index is 0.723. The monoisotopic (exact) mass is 323 g/mol. The van der Waals surface area contributed by atoms with E-state index >= 15 is 0 Å². The van der Waals surface area contributed by atoms with Crippen LogP contribution in [0.1, 0.15) is 23.6 Å². The van der Waals surface area contributed by atoms with Gasteiger partial charge in [-0.2, -0.15) is 0 Å². The molecule has 0 aromatic carbocycles. The van der Waals surface area contributed by atoms with Gasteiger partial charge in [-0.25, -0.2) is 0 Å². The lowest BCUT2D eigenvalue weighted by Crippen LogP contribution is -2.27. The molecule has 1 N–H and O–H groups in total. The zero-order valence-corrected chi connectivity index (χ0v) is 11.1. The molecule has 1 fully saturated rings. The van der Waals surface area contributed by atoms with Crippen molar-refractivity contribution in [2.45, 2.75) is 18.8 Å². The second kappa shape index (κ2) is 4.43. The summed E-state index contributed by atoms with van der Waals surface area (Å²) in [5.41, 5.74) is 0. The quantitative estimate of drug-likeness (QED) is 0.829. The van der Waals surface area contributed by atoms with Crippen LogP contribution in [0.2, 0.25) is 0 Å². The summed E-state index contributed by atoms with van der Waals surface area (Å²) in [7, 11) is 0. The highest BCUT2D eigenvalue weighted by molar-refractivity contribution is 9.13. The van der Waals surface area contributed by atoms with E-state index in [9.17, 15) is 0 Å². The highest BCUT2D eigenvalue weighted by Gasteiger charge is 2.17. The average molecular weight is 325 g/mol. The summed E-state index contributed by atoms with van der Waals surface area (Å²) in [6, 6.07) is 2.24. The van der Waals surface area contributed by atoms with Crippen molar-refractivity contribution in [2.24, 2.45) is 0 Å². The Morgan fingerprint density at radius 3 is 2.85 bits per heavy atom. The van der Waals surface area contributed by atoms with E-state index in [1.807, 2.05) is 11.3 Å². The van der Waals surface area contributed by atoms with Crippen molar-refractivity contribution >= 4 is 43.2 Å². The van der Waals surface area contributed by atoms with Crippen molar-refractivity contribution in [1.82, 2.24) is 5.32 Å². The molecule has 13 heavy (non-hydrogen) atoms. The predicted molar refractivity (Wildman–Crippen MR) is 64.6 cm³/mol. The number of rotatable bonds is 1. The zero-order valence-electron chi connectivity index (χ0n) is 7.15. The van der Waals surface area contributed by atoms with Gasteiger partial charge in [0.25, 0.3) is 0 Å². The summed E-state index contributed by atoms with van der Waals surface area (Å²) in [4.78, 5) is 1.49. The summed E-state index contributed by atoms with van der Waals surface area (Å²) in [5, 5.41) is 3.44. The fraction of sp³-hybridized carbons (Fsp3) is 0.556. The smallest absolute Gasteiger partial charge is 0.0843 e. The summed E-state index contributed by atoms with van der Waals surface area (Å²) in [6.45, 7) is 2.32. The zero-order chi connectivity index (χ0) is 9.26. The first kappa shape index (κ1) is 10.1. The Bertz CT molecular complexity index is 272. The van der Waals surface area contributed by atoms with E-state index in [2.05, 4.69) is 43.2 Å². The lowest BCUT2D eigenvalue weighted by atomic mass is 9.98. The molecular weight excluding hydrogens is 314 g/mol. The lowest BCUT2D eigenvalue weighted by Gasteiger charge is -2.21. The van der Waals surface area contributed by atoms with Crippen molar-refractivity contribution < 1.29 is 0 Å². The normalized spacial score (nSPS) is 23.4. The topological polar surface area (TPSA) is 12.0 Å². The Kier molecular flexibility index (Phi) is 3.46. The van der Waals surface area contributed by atoms with Crippen molar-refractivity contribution in [3.8, 4) is 0 Å². The van der Waals surface area contributed by atoms with Crippen LogP contribution in [0.15, 0.2) is 14.3 Å². The van der Waals surface area contributed by atoms with E-state index in [1.54, 1.807) is 0 Å². The second-order valence-corrected chi connectivity index (χ2v) is 6.57. The third kappa shape index (κ3) is 2.35. The van der Waals surface area contributed by atoms with Gasteiger partial charge >= 0.3 is 0 Å². The van der Waals surface area contributed by atoms with Gasteiger partial charge in [0.1, 0.15) is 0 Å². The van der Waals surface area contributed by atoms with E-state index < -0.39 is 0 Å². The van der Waals surface area contributed by atoms with Crippen LogP contribution in [0, 0.1) is 0 Å². The molecule has 0 unspecified atom stereocenters. The lowest BCUT2D eigenvalue weighted by molar-refractivity contribution is 0.466. The van der Waals surface area contributed by atoms with Crippen molar-refractivity contribution in [2.75, 3.05) is 13.1 Å². The molecule has 72 valence electrons. The van der Waals surface area contributed by atoms with Gasteiger partial charge in [0.05, 0.1) is 3.79 Å². The molecule has 1 aromatic rings. The number of hydrogen-bond acceptors (Lipinski definition) is 2. The molecule has 0 saturated carbocycles. The average Bonchev–Trinajstić information content (AvgIpc) is 2.49. The van der Waals surface area contributed by atoms with Crippen LogP contribution in [0.5, 0.6) is 0 Å². The Morgan fingerprint density at radius 2 is 2.31 bits per heavy atom. The van der Waals surface area contributed by atoms with Crippen LogP contribution < -0.4 is 5.32 Å². The van der Waals surface area contributed by atoms with Gasteiger partial charge < -0.3 is 5.32 Å². The predicted octanol–water partition coefficient (Wildman–Crippen LogP) is 3.74. The maximum Gasteiger partial charge on any atom is 0.0843 e. The summed E-state index contributed by atoms with van der Waals surface area (Å²) < 4.78 is 2.41. The first-order chi connectivity index (χ1) is 6.27. The number of nitrogens with one attached hydrogen (secondary N) is 1. The van der Waals surface area contributed by atoms with E-state index in [0.29, 0.717) is 0 Å². The highest BCUT2D eigenvalue weighted by Crippen LogP contribution is 2.37. The highest BCUT2D eigenvalue weighted by atomic mass is 79.9. The number of piperidine rings is 1. The molecule has 2 rings (SSSR count). The van der Waals surface area contributed by atoms with Crippen molar-refractivity contribution in [3.63, 3.8) is 0 Å². The molecule has 1 nitrogen and oxygen atoms in total. The molecule has 0 bridgehead atoms. The molecule has 0 amide bonds. The minimum absolute atomic E-state index is 0.723. The molecule has 0 radical (unpaired) electrons. The summed E-state index contributed by atoms with van der Waals surface area (Å²) in [5.74, 6) is 0.723. The van der Waals surface area contributed by atoms with Gasteiger partial charge in [0, 0.05) is 21.8 Å². The Hall–Kier alpha value is 0.620. The molecule has 1 aliphatic rings. The molecule has 1 saturated heterocycles. The molecule has 4 heteroatoms. The SMILES string of the molecule is Brc1cc([C@@H]2CCCNC2)sc1Br. The molecule has 0 aliphatic carbocycles. The van der Waals surface area contributed by atoms with Crippen molar-refractivity contribution in [3.05, 3.63) is 19.2 Å². The Morgan fingerprint density at radius 1 is 1.46 bits per heavy atom. The standard InChI is InChI=1S/C9H11Br2NS/c10-7-4-8(13-9(7)11)6-2-1-3-12-5-6/h4,6,12H,1-3,5H2/t6-/m1/s1. The van der Waals surface area contributed by atoms with E-state index in [1.165, 1.54) is 32.5 Å². The number of hydrogen-bond donors (Lipinski definition) is 1. The summed E-state index contributed by atoms with van der Waals surface area (Å²) >= 11 is 8.91. The first-order valence-corrected chi connectivity index (χ1v) is 6.83. The largest absolute Gasteiger partial charge is 0.316 e. The van der Waals surface area contributed by atoms with Gasteiger partial charge in [-0.15, -0.1) is 11.3 Å². The van der Waals surface area contributed by atoms with Crippen molar-refractivity contribution in [1.29, 1.82) is 0 Å². The number of thiophene rings is 1. The summed E-state index contributed by atoms with van der Waals surface area (Å²) in [6.07, 6.45) is 2.63. The molecular formula is C9H11Br2NS. The Balaban J connectivity index is 2.14. The van der Waals surface area contributed by atoms with E-state index in [-0.39, 0.29) is 0 Å². The van der Waals surface area contributed by atoms with Gasteiger partial charge in [0.2, 0.25) is 0 Å². The van der Waals surface area contributed by atoms with Crippen LogP contribution in [-0.2, 0) is 0 Å². The maximum absolute atomic E-state index is 3.53. The van der Waals surface area contributed by atoms with Gasteiger partial charge in [-0.1, -0.05) is 0 Å². The Labute approximate surface area is 99.2 Å². The van der Waals surface area contributed by atoms with Crippen LogP contribution in [-0.4, -0.2) is 13.1 Å². The van der Waals surface area contributed by atoms with E-state index in [0.717, 1.165) is 12.5 Å². The third-order valence-electron chi connectivity index (χ3n) is 2.36. The fourth-order valence-electron chi connectivity index (χ4n) is 1.66. The molecule has 1 aromatic heterocycles. The number of halogens is 2. The van der Waals surface area contributed by atoms with Crippen LogP contribution in [0.4, 0.5) is 0 Å². The van der Waals surface area contributed by atoms with Gasteiger partial charge in [-0.3, -0.25) is 0 Å². The van der Waals surface area contributed by atoms with E-state index in [4.69, 9.17) is 0 Å². The fourth-order valence-corrected chi connectivity index (χ4v) is 3.88. The molecule has 2 heterocycles. The molecule has 1 atom stereocenters. The van der Waals surface area contributed by atoms with Crippen LogP contribution in [0.25, 0.3) is 0 Å². The van der Waals surface area contributed by atoms with Crippen LogP contribution in [0.3, 0.4) is 0 Å². The van der Waals surface area contributed by atoms with Gasteiger partial charge in [-0.05, 0) is 57.3 Å².